The summed E-state index contributed by atoms with van der Waals surface area (Å²) in [5.74, 6) is -0.626. The first-order valence-corrected chi connectivity index (χ1v) is 11.6. The van der Waals surface area contributed by atoms with Crippen LogP contribution in [0.2, 0.25) is 5.02 Å². The molecule has 3 aromatic rings. The minimum Gasteiger partial charge on any atom is -0.399 e. The molecule has 1 fully saturated rings. The molecule has 0 aliphatic carbocycles. The standard InChI is InChI=1S/C25H27BClN3O5/c1-14-15(9-8-12-19(14)29-21(31)17-13-28-23(33)30(6)22(17)32)16-10-7-11-18(20(16)27)26-34-24(2,3)25(4,5)35-26/h7-13H,1-6H3,(H,28,33)(H,29,31). The van der Waals surface area contributed by atoms with Gasteiger partial charge in [0.2, 0.25) is 0 Å². The minimum absolute atomic E-state index is 0.169. The number of aromatic nitrogens is 2. The van der Waals surface area contributed by atoms with Crippen LogP contribution in [0.1, 0.15) is 43.6 Å². The van der Waals surface area contributed by atoms with Gasteiger partial charge >= 0.3 is 12.8 Å². The van der Waals surface area contributed by atoms with E-state index in [1.165, 1.54) is 7.05 Å². The number of benzene rings is 2. The van der Waals surface area contributed by atoms with E-state index in [2.05, 4.69) is 10.3 Å². The molecule has 2 heterocycles. The lowest BCUT2D eigenvalue weighted by Gasteiger charge is -2.32. The van der Waals surface area contributed by atoms with Gasteiger partial charge in [0.1, 0.15) is 5.56 Å². The monoisotopic (exact) mass is 495 g/mol. The Labute approximate surface area is 208 Å². The van der Waals surface area contributed by atoms with Crippen LogP contribution in [0.4, 0.5) is 5.69 Å². The van der Waals surface area contributed by atoms with Crippen LogP contribution in [0.15, 0.2) is 52.2 Å². The van der Waals surface area contributed by atoms with Crippen molar-refractivity contribution in [1.29, 1.82) is 0 Å². The number of hydrogen-bond donors (Lipinski definition) is 2. The summed E-state index contributed by atoms with van der Waals surface area (Å²) in [6.45, 7) is 9.79. The highest BCUT2D eigenvalue weighted by molar-refractivity contribution is 6.66. The highest BCUT2D eigenvalue weighted by Gasteiger charge is 2.52. The third kappa shape index (κ3) is 4.35. The lowest BCUT2D eigenvalue weighted by molar-refractivity contribution is 0.00578. The largest absolute Gasteiger partial charge is 0.496 e. The summed E-state index contributed by atoms with van der Waals surface area (Å²) in [6.07, 6.45) is 1.12. The smallest absolute Gasteiger partial charge is 0.399 e. The average molecular weight is 496 g/mol. The van der Waals surface area contributed by atoms with Crippen LogP contribution in [0.25, 0.3) is 11.1 Å². The molecule has 0 saturated carbocycles. The van der Waals surface area contributed by atoms with Gasteiger partial charge in [-0.2, -0.15) is 0 Å². The molecule has 4 rings (SSSR count). The predicted octanol–water partition coefficient (Wildman–Crippen LogP) is 3.25. The fourth-order valence-electron chi connectivity index (χ4n) is 3.89. The molecule has 2 N–H and O–H groups in total. The number of carbonyl (C=O) groups excluding carboxylic acids is 1. The molecule has 0 radical (unpaired) electrons. The Morgan fingerprint density at radius 3 is 2.29 bits per heavy atom. The van der Waals surface area contributed by atoms with Crippen LogP contribution in [0.5, 0.6) is 0 Å². The normalized spacial score (nSPS) is 16.4. The zero-order valence-electron chi connectivity index (χ0n) is 20.5. The molecular weight excluding hydrogens is 469 g/mol. The number of aromatic amines is 1. The maximum Gasteiger partial charge on any atom is 0.496 e. The average Bonchev–Trinajstić information content (AvgIpc) is 3.00. The number of rotatable bonds is 4. The molecular formula is C25H27BClN3O5. The first-order valence-electron chi connectivity index (χ1n) is 11.2. The van der Waals surface area contributed by atoms with E-state index < -0.39 is 35.5 Å². The predicted molar refractivity (Wildman–Crippen MR) is 138 cm³/mol. The van der Waals surface area contributed by atoms with Gasteiger partial charge in [0, 0.05) is 35.0 Å². The van der Waals surface area contributed by atoms with E-state index in [1.807, 2.05) is 58.9 Å². The van der Waals surface area contributed by atoms with Gasteiger partial charge in [-0.3, -0.25) is 14.2 Å². The van der Waals surface area contributed by atoms with Gasteiger partial charge in [0.05, 0.1) is 11.2 Å². The van der Waals surface area contributed by atoms with E-state index in [-0.39, 0.29) is 5.56 Å². The number of hydrogen-bond acceptors (Lipinski definition) is 5. The Balaban J connectivity index is 1.69. The molecule has 0 bridgehead atoms. The van der Waals surface area contributed by atoms with Crippen molar-refractivity contribution in [2.75, 3.05) is 5.32 Å². The molecule has 8 nitrogen and oxygen atoms in total. The lowest BCUT2D eigenvalue weighted by Crippen LogP contribution is -2.41. The molecule has 1 amide bonds. The van der Waals surface area contributed by atoms with E-state index in [0.29, 0.717) is 16.2 Å². The van der Waals surface area contributed by atoms with Crippen molar-refractivity contribution in [3.63, 3.8) is 0 Å². The van der Waals surface area contributed by atoms with E-state index in [4.69, 9.17) is 20.9 Å². The fourth-order valence-corrected chi connectivity index (χ4v) is 4.21. The SMILES string of the molecule is Cc1c(NC(=O)c2c[nH]c(=O)n(C)c2=O)cccc1-c1cccc(B2OC(C)(C)C(C)(C)O2)c1Cl. The highest BCUT2D eigenvalue weighted by Crippen LogP contribution is 2.38. The summed E-state index contributed by atoms with van der Waals surface area (Å²) in [5, 5.41) is 3.26. The fraction of sp³-hybridized carbons (Fsp3) is 0.320. The van der Waals surface area contributed by atoms with Crippen molar-refractivity contribution >= 4 is 35.8 Å². The summed E-state index contributed by atoms with van der Waals surface area (Å²) >= 11 is 6.86. The summed E-state index contributed by atoms with van der Waals surface area (Å²) < 4.78 is 13.2. The Kier molecular flexibility index (Phi) is 6.29. The molecule has 182 valence electrons. The minimum atomic E-state index is -0.682. The molecule has 0 atom stereocenters. The van der Waals surface area contributed by atoms with Crippen LogP contribution in [-0.4, -0.2) is 33.8 Å². The van der Waals surface area contributed by atoms with Crippen molar-refractivity contribution < 1.29 is 14.1 Å². The van der Waals surface area contributed by atoms with Crippen LogP contribution in [0.3, 0.4) is 0 Å². The number of H-pyrrole nitrogens is 1. The van der Waals surface area contributed by atoms with E-state index in [0.717, 1.165) is 27.5 Å². The lowest BCUT2D eigenvalue weighted by atomic mass is 9.77. The molecule has 2 aromatic carbocycles. The summed E-state index contributed by atoms with van der Waals surface area (Å²) in [4.78, 5) is 39.1. The summed E-state index contributed by atoms with van der Waals surface area (Å²) in [5.41, 5.74) is 1.10. The maximum absolute atomic E-state index is 12.8. The number of nitrogens with zero attached hydrogens (tertiary/aromatic N) is 1. The number of amides is 1. The second-order valence-corrected chi connectivity index (χ2v) is 9.98. The molecule has 1 aromatic heterocycles. The van der Waals surface area contributed by atoms with Crippen LogP contribution >= 0.6 is 11.6 Å². The molecule has 1 aliphatic rings. The zero-order valence-corrected chi connectivity index (χ0v) is 21.2. The van der Waals surface area contributed by atoms with E-state index in [1.54, 1.807) is 12.1 Å². The second-order valence-electron chi connectivity index (χ2n) is 9.60. The van der Waals surface area contributed by atoms with E-state index in [9.17, 15) is 14.4 Å². The first kappa shape index (κ1) is 25.0. The maximum atomic E-state index is 12.8. The molecule has 0 spiro atoms. The van der Waals surface area contributed by atoms with Gasteiger partial charge in [-0.15, -0.1) is 0 Å². The molecule has 1 saturated heterocycles. The Morgan fingerprint density at radius 2 is 1.63 bits per heavy atom. The number of anilines is 1. The van der Waals surface area contributed by atoms with Crippen molar-refractivity contribution in [2.24, 2.45) is 7.05 Å². The molecule has 0 unspecified atom stereocenters. The van der Waals surface area contributed by atoms with Crippen molar-refractivity contribution in [2.45, 2.75) is 45.8 Å². The van der Waals surface area contributed by atoms with Gasteiger partial charge in [-0.25, -0.2) is 4.79 Å². The topological polar surface area (TPSA) is 102 Å². The Bertz CT molecular complexity index is 1430. The third-order valence-corrected chi connectivity index (χ3v) is 7.25. The first-order chi connectivity index (χ1) is 16.3. The van der Waals surface area contributed by atoms with Crippen molar-refractivity contribution in [3.05, 3.63) is 79.6 Å². The number of carbonyl (C=O) groups is 1. The van der Waals surface area contributed by atoms with Crippen LogP contribution < -0.4 is 22.0 Å². The molecule has 35 heavy (non-hydrogen) atoms. The van der Waals surface area contributed by atoms with Gasteiger partial charge in [-0.1, -0.05) is 41.9 Å². The van der Waals surface area contributed by atoms with Crippen molar-refractivity contribution in [1.82, 2.24) is 9.55 Å². The summed E-state index contributed by atoms with van der Waals surface area (Å²) in [6, 6.07) is 11.1. The quantitative estimate of drug-likeness (QED) is 0.541. The zero-order chi connectivity index (χ0) is 25.7. The van der Waals surface area contributed by atoms with E-state index >= 15 is 0 Å². The van der Waals surface area contributed by atoms with Gasteiger partial charge in [-0.05, 0) is 51.8 Å². The molecule has 10 heteroatoms. The Morgan fingerprint density at radius 1 is 1.03 bits per heavy atom. The summed E-state index contributed by atoms with van der Waals surface area (Å²) in [7, 11) is 0.686. The third-order valence-electron chi connectivity index (χ3n) is 6.83. The Hall–Kier alpha value is -3.14. The van der Waals surface area contributed by atoms with Gasteiger partial charge in [0.15, 0.2) is 0 Å². The highest BCUT2D eigenvalue weighted by atomic mass is 35.5. The molecule has 1 aliphatic heterocycles. The number of nitrogens with one attached hydrogen (secondary N) is 2. The second kappa shape index (κ2) is 8.82. The van der Waals surface area contributed by atoms with Crippen LogP contribution in [0, 0.1) is 6.92 Å². The number of halogens is 1. The van der Waals surface area contributed by atoms with Crippen molar-refractivity contribution in [3.8, 4) is 11.1 Å². The van der Waals surface area contributed by atoms with Gasteiger partial charge < -0.3 is 19.6 Å². The van der Waals surface area contributed by atoms with Crippen LogP contribution in [-0.2, 0) is 16.4 Å². The van der Waals surface area contributed by atoms with Gasteiger partial charge in [0.25, 0.3) is 11.5 Å².